The zero-order valence-electron chi connectivity index (χ0n) is 24.2. The summed E-state index contributed by atoms with van der Waals surface area (Å²) in [4.78, 5) is 55.6. The average Bonchev–Trinajstić information content (AvgIpc) is 3.64. The Hall–Kier alpha value is -3.85. The molecule has 2 aromatic carbocycles. The van der Waals surface area contributed by atoms with Crippen LogP contribution in [-0.2, 0) is 15.0 Å². The van der Waals surface area contributed by atoms with Crippen LogP contribution in [0, 0.1) is 22.0 Å². The maximum Gasteiger partial charge on any atom is 0.269 e. The Bertz CT molecular complexity index is 1470. The number of benzene rings is 2. The van der Waals surface area contributed by atoms with Gasteiger partial charge >= 0.3 is 0 Å². The number of carbonyl (C=O) groups excluding carboxylic acids is 3. The Labute approximate surface area is 250 Å². The van der Waals surface area contributed by atoms with Crippen molar-refractivity contribution in [1.82, 2.24) is 4.90 Å². The van der Waals surface area contributed by atoms with E-state index in [2.05, 4.69) is 20.8 Å². The Morgan fingerprint density at radius 2 is 1.64 bits per heavy atom. The van der Waals surface area contributed by atoms with Gasteiger partial charge in [-0.25, -0.2) is 0 Å². The molecule has 4 unspecified atom stereocenters. The van der Waals surface area contributed by atoms with Crippen LogP contribution >= 0.6 is 11.3 Å². The molecular weight excluding hydrogens is 550 g/mol. The third-order valence-corrected chi connectivity index (χ3v) is 9.70. The molecule has 42 heavy (non-hydrogen) atoms. The second kappa shape index (κ2) is 11.8. The number of hydrogen-bond donors (Lipinski definition) is 1. The first-order valence-corrected chi connectivity index (χ1v) is 15.4. The van der Waals surface area contributed by atoms with Crippen molar-refractivity contribution < 1.29 is 19.3 Å². The lowest BCUT2D eigenvalue weighted by Crippen LogP contribution is -2.49. The minimum Gasteiger partial charge on any atom is -0.368 e. The van der Waals surface area contributed by atoms with E-state index in [1.54, 1.807) is 24.3 Å². The number of hydrogen-bond acceptors (Lipinski definition) is 6. The van der Waals surface area contributed by atoms with Gasteiger partial charge in [-0.3, -0.25) is 24.5 Å². The molecule has 2 amide bonds. The molecule has 0 radical (unpaired) electrons. The van der Waals surface area contributed by atoms with E-state index >= 15 is 0 Å². The zero-order valence-corrected chi connectivity index (χ0v) is 25.0. The van der Waals surface area contributed by atoms with Gasteiger partial charge in [0.1, 0.15) is 6.04 Å². The van der Waals surface area contributed by atoms with E-state index < -0.39 is 34.7 Å². The minimum absolute atomic E-state index is 0.113. The molecule has 9 heteroatoms. The topological polar surface area (TPSA) is 124 Å². The van der Waals surface area contributed by atoms with E-state index in [-0.39, 0.29) is 28.7 Å². The van der Waals surface area contributed by atoms with Crippen molar-refractivity contribution in [3.05, 3.63) is 97.7 Å². The highest BCUT2D eigenvalue weighted by molar-refractivity contribution is 7.12. The predicted molar refractivity (Wildman–Crippen MR) is 162 cm³/mol. The monoisotopic (exact) mass is 587 g/mol. The number of amides is 2. The number of ketones is 1. The van der Waals surface area contributed by atoms with Crippen LogP contribution in [0.3, 0.4) is 0 Å². The van der Waals surface area contributed by atoms with Crippen LogP contribution in [0.2, 0.25) is 0 Å². The molecule has 1 saturated heterocycles. The first-order chi connectivity index (χ1) is 20.0. The van der Waals surface area contributed by atoms with Crippen LogP contribution in [-0.4, -0.2) is 33.5 Å². The summed E-state index contributed by atoms with van der Waals surface area (Å²) >= 11 is 1.30. The summed E-state index contributed by atoms with van der Waals surface area (Å²) in [5.74, 6) is -3.04. The maximum absolute atomic E-state index is 14.4. The number of Topliss-reactive ketones (excluding diaryl/α,β-unsaturated/α-hetero) is 1. The SMILES string of the molecule is CC(C)(C)c1ccc(C2C(C(=O)c3cccs3)C(c3cccc([N+](=O)[O-])c3)N(C(=O)C3CCCCC3)C2C(N)=O)cc1. The van der Waals surface area contributed by atoms with E-state index in [9.17, 15) is 24.5 Å². The van der Waals surface area contributed by atoms with Crippen molar-refractivity contribution in [1.29, 1.82) is 0 Å². The molecule has 2 heterocycles. The lowest BCUT2D eigenvalue weighted by molar-refractivity contribution is -0.385. The quantitative estimate of drug-likeness (QED) is 0.191. The van der Waals surface area contributed by atoms with Gasteiger partial charge in [-0.1, -0.05) is 82.5 Å². The van der Waals surface area contributed by atoms with Gasteiger partial charge in [-0.15, -0.1) is 11.3 Å². The Kier molecular flexibility index (Phi) is 8.32. The largest absolute Gasteiger partial charge is 0.368 e. The van der Waals surface area contributed by atoms with E-state index in [0.717, 1.165) is 30.4 Å². The number of nitro benzene ring substituents is 1. The number of carbonyl (C=O) groups is 3. The molecule has 1 aliphatic heterocycles. The van der Waals surface area contributed by atoms with E-state index in [0.29, 0.717) is 23.3 Å². The van der Waals surface area contributed by atoms with Crippen molar-refractivity contribution in [3.8, 4) is 0 Å². The molecule has 0 spiro atoms. The third kappa shape index (κ3) is 5.62. The second-order valence-electron chi connectivity index (χ2n) is 12.5. The summed E-state index contributed by atoms with van der Waals surface area (Å²) in [6, 6.07) is 15.4. The summed E-state index contributed by atoms with van der Waals surface area (Å²) in [6.07, 6.45) is 4.23. The lowest BCUT2D eigenvalue weighted by Gasteiger charge is -2.34. The number of non-ortho nitro benzene ring substituents is 1. The molecule has 2 fully saturated rings. The lowest BCUT2D eigenvalue weighted by atomic mass is 9.76. The molecule has 3 aromatic rings. The van der Waals surface area contributed by atoms with Crippen LogP contribution in [0.15, 0.2) is 66.0 Å². The molecule has 5 rings (SSSR count). The van der Waals surface area contributed by atoms with Crippen molar-refractivity contribution in [2.45, 2.75) is 76.3 Å². The van der Waals surface area contributed by atoms with E-state index in [1.807, 2.05) is 29.6 Å². The highest BCUT2D eigenvalue weighted by Crippen LogP contribution is 2.53. The van der Waals surface area contributed by atoms with E-state index in [4.69, 9.17) is 5.73 Å². The smallest absolute Gasteiger partial charge is 0.269 e. The van der Waals surface area contributed by atoms with Crippen molar-refractivity contribution >= 4 is 34.6 Å². The Balaban J connectivity index is 1.74. The molecule has 2 aliphatic rings. The second-order valence-corrected chi connectivity index (χ2v) is 13.4. The zero-order chi connectivity index (χ0) is 30.2. The fraction of sp³-hybridized carbons (Fsp3) is 0.424. The molecule has 8 nitrogen and oxygen atoms in total. The molecule has 2 N–H and O–H groups in total. The fourth-order valence-electron chi connectivity index (χ4n) is 6.74. The van der Waals surface area contributed by atoms with Crippen LogP contribution in [0.5, 0.6) is 0 Å². The van der Waals surface area contributed by atoms with Gasteiger partial charge in [0.2, 0.25) is 11.8 Å². The van der Waals surface area contributed by atoms with Gasteiger partial charge in [0, 0.05) is 24.0 Å². The summed E-state index contributed by atoms with van der Waals surface area (Å²) in [5, 5.41) is 13.6. The van der Waals surface area contributed by atoms with Crippen LogP contribution in [0.4, 0.5) is 5.69 Å². The van der Waals surface area contributed by atoms with Gasteiger partial charge in [0.05, 0.1) is 21.8 Å². The number of likely N-dealkylation sites (tertiary alicyclic amines) is 1. The standard InChI is InChI=1S/C33H37N3O5S/c1-33(2,3)23-16-14-20(15-17-23)26-27(30(37)25-13-8-18-42-25)28(22-11-7-12-24(19-22)36(40)41)35(29(26)31(34)38)32(39)21-9-5-4-6-10-21/h7-8,11-19,21,26-29H,4-6,9-10H2,1-3H3,(H2,34,38). The molecule has 1 aromatic heterocycles. The molecule has 1 aliphatic carbocycles. The molecule has 4 atom stereocenters. The van der Waals surface area contributed by atoms with Gasteiger partial charge in [-0.2, -0.15) is 0 Å². The summed E-state index contributed by atoms with van der Waals surface area (Å²) in [7, 11) is 0. The first kappa shape index (κ1) is 29.6. The molecule has 1 saturated carbocycles. The average molecular weight is 588 g/mol. The normalized spacial score (nSPS) is 23.1. The highest BCUT2D eigenvalue weighted by atomic mass is 32.1. The van der Waals surface area contributed by atoms with Crippen LogP contribution in [0.1, 0.15) is 91.2 Å². The Morgan fingerprint density at radius 3 is 2.21 bits per heavy atom. The Morgan fingerprint density at radius 1 is 0.952 bits per heavy atom. The number of thiophene rings is 1. The van der Waals surface area contributed by atoms with Crippen molar-refractivity contribution in [2.24, 2.45) is 17.6 Å². The first-order valence-electron chi connectivity index (χ1n) is 14.5. The summed E-state index contributed by atoms with van der Waals surface area (Å²) in [6.45, 7) is 6.32. The number of nitrogens with zero attached hydrogens (tertiary/aromatic N) is 2. The number of rotatable bonds is 7. The van der Waals surface area contributed by atoms with Crippen molar-refractivity contribution in [2.75, 3.05) is 0 Å². The van der Waals surface area contributed by atoms with Crippen LogP contribution in [0.25, 0.3) is 0 Å². The predicted octanol–water partition coefficient (Wildman–Crippen LogP) is 6.55. The summed E-state index contributed by atoms with van der Waals surface area (Å²) in [5.41, 5.74) is 8.14. The summed E-state index contributed by atoms with van der Waals surface area (Å²) < 4.78 is 0. The third-order valence-electron chi connectivity index (χ3n) is 8.82. The van der Waals surface area contributed by atoms with Gasteiger partial charge < -0.3 is 10.6 Å². The van der Waals surface area contributed by atoms with Gasteiger partial charge in [-0.05, 0) is 46.4 Å². The van der Waals surface area contributed by atoms with Crippen LogP contribution < -0.4 is 5.73 Å². The van der Waals surface area contributed by atoms with Gasteiger partial charge in [0.25, 0.3) is 5.69 Å². The number of nitrogens with two attached hydrogens (primary N) is 1. The van der Waals surface area contributed by atoms with Gasteiger partial charge in [0.15, 0.2) is 5.78 Å². The minimum atomic E-state index is -1.10. The highest BCUT2D eigenvalue weighted by Gasteiger charge is 2.57. The molecular formula is C33H37N3O5S. The molecule has 220 valence electrons. The maximum atomic E-state index is 14.4. The molecule has 0 bridgehead atoms. The van der Waals surface area contributed by atoms with E-state index in [1.165, 1.54) is 28.4 Å². The number of primary amides is 1. The van der Waals surface area contributed by atoms with Crippen molar-refractivity contribution in [3.63, 3.8) is 0 Å². The fourth-order valence-corrected chi connectivity index (χ4v) is 7.45. The number of nitro groups is 1.